The molecule has 2 rings (SSSR count). The number of aromatic nitrogens is 2. The summed E-state index contributed by atoms with van der Waals surface area (Å²) in [6, 6.07) is 3.70. The summed E-state index contributed by atoms with van der Waals surface area (Å²) in [6.45, 7) is 1.49. The molecular formula is C11H11F2N5. The molecule has 0 radical (unpaired) electrons. The minimum atomic E-state index is -0.560. The molecule has 7 heteroatoms. The predicted molar refractivity (Wildman–Crippen MR) is 64.2 cm³/mol. The van der Waals surface area contributed by atoms with Crippen LogP contribution in [0.1, 0.15) is 5.56 Å². The summed E-state index contributed by atoms with van der Waals surface area (Å²) in [5.41, 5.74) is 2.50. The van der Waals surface area contributed by atoms with Gasteiger partial charge in [0.05, 0.1) is 5.69 Å². The molecular weight excluding hydrogens is 240 g/mol. The highest BCUT2D eigenvalue weighted by molar-refractivity contribution is 5.58. The molecule has 1 heterocycles. The van der Waals surface area contributed by atoms with Crippen molar-refractivity contribution in [2.75, 3.05) is 10.7 Å². The normalized spacial score (nSPS) is 10.2. The van der Waals surface area contributed by atoms with Crippen LogP contribution in [-0.2, 0) is 0 Å². The van der Waals surface area contributed by atoms with Crippen molar-refractivity contribution < 1.29 is 8.78 Å². The Kier molecular flexibility index (Phi) is 3.33. The van der Waals surface area contributed by atoms with E-state index < -0.39 is 11.6 Å². The summed E-state index contributed by atoms with van der Waals surface area (Å²) in [5, 5.41) is 2.65. The number of hydrogen-bond acceptors (Lipinski definition) is 5. The zero-order valence-corrected chi connectivity index (χ0v) is 9.54. The molecule has 0 saturated heterocycles. The van der Waals surface area contributed by atoms with Gasteiger partial charge in [0.25, 0.3) is 0 Å². The Morgan fingerprint density at radius 1 is 1.22 bits per heavy atom. The van der Waals surface area contributed by atoms with Gasteiger partial charge in [0, 0.05) is 12.3 Å². The van der Waals surface area contributed by atoms with E-state index in [0.717, 1.165) is 12.1 Å². The van der Waals surface area contributed by atoms with Gasteiger partial charge in [0.2, 0.25) is 5.95 Å². The molecule has 4 N–H and O–H groups in total. The first-order valence-electron chi connectivity index (χ1n) is 5.12. The van der Waals surface area contributed by atoms with Crippen molar-refractivity contribution in [3.05, 3.63) is 41.6 Å². The van der Waals surface area contributed by atoms with Crippen LogP contribution in [0.4, 0.5) is 26.2 Å². The van der Waals surface area contributed by atoms with E-state index in [4.69, 9.17) is 5.84 Å². The van der Waals surface area contributed by atoms with Crippen LogP contribution in [0.5, 0.6) is 0 Å². The van der Waals surface area contributed by atoms with Gasteiger partial charge in [0.1, 0.15) is 17.5 Å². The third-order valence-electron chi connectivity index (χ3n) is 2.30. The Balaban J connectivity index is 2.30. The fraction of sp³-hybridized carbons (Fsp3) is 0.0909. The van der Waals surface area contributed by atoms with Crippen LogP contribution in [0.2, 0.25) is 0 Å². The Hall–Kier alpha value is -2.28. The molecule has 0 atom stereocenters. The van der Waals surface area contributed by atoms with Gasteiger partial charge in [-0.2, -0.15) is 4.98 Å². The molecule has 0 bridgehead atoms. The summed E-state index contributed by atoms with van der Waals surface area (Å²) in [5.74, 6) is 4.57. The molecule has 0 spiro atoms. The quantitative estimate of drug-likeness (QED) is 0.575. The van der Waals surface area contributed by atoms with Crippen LogP contribution >= 0.6 is 0 Å². The highest BCUT2D eigenvalue weighted by Gasteiger charge is 2.08. The lowest BCUT2D eigenvalue weighted by Crippen LogP contribution is -2.11. The van der Waals surface area contributed by atoms with Crippen LogP contribution in [0, 0.1) is 18.6 Å². The Labute approximate surface area is 102 Å². The second-order valence-electron chi connectivity index (χ2n) is 3.62. The number of nitrogens with zero attached hydrogens (tertiary/aromatic N) is 2. The molecule has 1 aromatic heterocycles. The number of nitrogens with one attached hydrogen (secondary N) is 2. The molecule has 94 valence electrons. The van der Waals surface area contributed by atoms with E-state index in [1.165, 1.54) is 19.2 Å². The minimum Gasteiger partial charge on any atom is -0.338 e. The molecule has 2 aromatic rings. The van der Waals surface area contributed by atoms with Crippen molar-refractivity contribution in [1.82, 2.24) is 9.97 Å². The van der Waals surface area contributed by atoms with Gasteiger partial charge < -0.3 is 5.32 Å². The van der Waals surface area contributed by atoms with Crippen LogP contribution < -0.4 is 16.6 Å². The average Bonchev–Trinajstić information content (AvgIpc) is 2.36. The maximum Gasteiger partial charge on any atom is 0.239 e. The fourth-order valence-corrected chi connectivity index (χ4v) is 1.38. The van der Waals surface area contributed by atoms with Crippen LogP contribution in [0.3, 0.4) is 0 Å². The number of aryl methyl sites for hydroxylation is 1. The summed E-state index contributed by atoms with van der Waals surface area (Å²) in [4.78, 5) is 7.73. The molecule has 0 aliphatic heterocycles. The SMILES string of the molecule is Cc1cc(F)c(Nc2ccnc(NN)n2)cc1F. The second-order valence-corrected chi connectivity index (χ2v) is 3.62. The Morgan fingerprint density at radius 2 is 2.00 bits per heavy atom. The van der Waals surface area contributed by atoms with E-state index >= 15 is 0 Å². The van der Waals surface area contributed by atoms with E-state index in [9.17, 15) is 8.78 Å². The zero-order valence-electron chi connectivity index (χ0n) is 9.54. The summed E-state index contributed by atoms with van der Waals surface area (Å²) < 4.78 is 26.9. The van der Waals surface area contributed by atoms with Gasteiger partial charge in [-0.25, -0.2) is 19.6 Å². The van der Waals surface area contributed by atoms with E-state index in [2.05, 4.69) is 20.7 Å². The number of benzene rings is 1. The lowest BCUT2D eigenvalue weighted by molar-refractivity contribution is 0.595. The lowest BCUT2D eigenvalue weighted by Gasteiger charge is -2.08. The van der Waals surface area contributed by atoms with Crippen molar-refractivity contribution >= 4 is 17.5 Å². The summed E-state index contributed by atoms with van der Waals surface area (Å²) in [7, 11) is 0. The zero-order chi connectivity index (χ0) is 13.1. The summed E-state index contributed by atoms with van der Waals surface area (Å²) >= 11 is 0. The first-order chi connectivity index (χ1) is 8.60. The minimum absolute atomic E-state index is 0.000212. The molecule has 18 heavy (non-hydrogen) atoms. The van der Waals surface area contributed by atoms with Gasteiger partial charge in [-0.3, -0.25) is 5.43 Å². The molecule has 0 aliphatic rings. The fourth-order valence-electron chi connectivity index (χ4n) is 1.38. The van der Waals surface area contributed by atoms with E-state index in [1.807, 2.05) is 0 Å². The molecule has 0 unspecified atom stereocenters. The first-order valence-corrected chi connectivity index (χ1v) is 5.12. The largest absolute Gasteiger partial charge is 0.338 e. The standard InChI is InChI=1S/C11H11F2N5/c1-6-4-8(13)9(5-7(6)12)16-10-2-3-15-11(17-10)18-14/h2-5H,14H2,1H3,(H2,15,16,17,18). The molecule has 5 nitrogen and oxygen atoms in total. The van der Waals surface area contributed by atoms with E-state index in [1.54, 1.807) is 0 Å². The van der Waals surface area contributed by atoms with Crippen LogP contribution in [0.25, 0.3) is 0 Å². The van der Waals surface area contributed by atoms with Crippen molar-refractivity contribution in [2.24, 2.45) is 5.84 Å². The smallest absolute Gasteiger partial charge is 0.239 e. The first kappa shape index (κ1) is 12.2. The average molecular weight is 251 g/mol. The molecule has 0 aliphatic carbocycles. The van der Waals surface area contributed by atoms with Crippen molar-refractivity contribution in [2.45, 2.75) is 6.92 Å². The number of hydrogen-bond donors (Lipinski definition) is 3. The Morgan fingerprint density at radius 3 is 2.72 bits per heavy atom. The number of halogens is 2. The maximum absolute atomic E-state index is 13.6. The number of anilines is 3. The van der Waals surface area contributed by atoms with Crippen molar-refractivity contribution in [1.29, 1.82) is 0 Å². The van der Waals surface area contributed by atoms with Gasteiger partial charge in [-0.15, -0.1) is 0 Å². The molecule has 1 aromatic carbocycles. The van der Waals surface area contributed by atoms with Crippen LogP contribution in [0.15, 0.2) is 24.4 Å². The van der Waals surface area contributed by atoms with Gasteiger partial charge in [0.15, 0.2) is 0 Å². The topological polar surface area (TPSA) is 75.9 Å². The van der Waals surface area contributed by atoms with Gasteiger partial charge >= 0.3 is 0 Å². The van der Waals surface area contributed by atoms with Gasteiger partial charge in [-0.05, 0) is 24.6 Å². The Bertz CT molecular complexity index is 573. The number of rotatable bonds is 3. The predicted octanol–water partition coefficient (Wildman–Crippen LogP) is 2.09. The third-order valence-corrected chi connectivity index (χ3v) is 2.30. The summed E-state index contributed by atoms with van der Waals surface area (Å²) in [6.07, 6.45) is 1.44. The maximum atomic E-state index is 13.6. The number of nitrogen functional groups attached to an aromatic ring is 1. The number of nitrogens with two attached hydrogens (primary N) is 1. The van der Waals surface area contributed by atoms with E-state index in [0.29, 0.717) is 5.82 Å². The number of hydrazine groups is 1. The van der Waals surface area contributed by atoms with Crippen molar-refractivity contribution in [3.8, 4) is 0 Å². The monoisotopic (exact) mass is 251 g/mol. The van der Waals surface area contributed by atoms with Crippen LogP contribution in [-0.4, -0.2) is 9.97 Å². The second kappa shape index (κ2) is 4.92. The highest BCUT2D eigenvalue weighted by Crippen LogP contribution is 2.22. The lowest BCUT2D eigenvalue weighted by atomic mass is 10.2. The van der Waals surface area contributed by atoms with E-state index in [-0.39, 0.29) is 17.2 Å². The highest BCUT2D eigenvalue weighted by atomic mass is 19.1. The molecule has 0 fully saturated rings. The molecule has 0 saturated carbocycles. The molecule has 0 amide bonds. The van der Waals surface area contributed by atoms with Crippen molar-refractivity contribution in [3.63, 3.8) is 0 Å². The van der Waals surface area contributed by atoms with Gasteiger partial charge in [-0.1, -0.05) is 0 Å². The third kappa shape index (κ3) is 2.51.